The van der Waals surface area contributed by atoms with Crippen molar-refractivity contribution in [3.63, 3.8) is 0 Å². The molecule has 0 amide bonds. The zero-order chi connectivity index (χ0) is 8.69. The molecule has 2 N–H and O–H groups in total. The molecular formula is C7H9NO3. The minimum atomic E-state index is -0.833. The lowest BCUT2D eigenvalue weighted by molar-refractivity contribution is -0.134. The van der Waals surface area contributed by atoms with Crippen molar-refractivity contribution in [2.45, 2.75) is 6.92 Å². The first kappa shape index (κ1) is 9.42. The fourth-order valence-corrected chi connectivity index (χ4v) is 0.354. The first-order chi connectivity index (χ1) is 5.13. The second-order valence-corrected chi connectivity index (χ2v) is 1.73. The monoisotopic (exact) mass is 155 g/mol. The van der Waals surface area contributed by atoms with Crippen LogP contribution in [0.2, 0.25) is 0 Å². The third-order valence-electron chi connectivity index (χ3n) is 0.646. The summed E-state index contributed by atoms with van der Waals surface area (Å²) in [6.45, 7) is 1.08. The van der Waals surface area contributed by atoms with Crippen molar-refractivity contribution in [3.05, 3.63) is 24.5 Å². The van der Waals surface area contributed by atoms with Gasteiger partial charge >= 0.3 is 0 Å². The maximum Gasteiger partial charge on any atom is 0.300 e. The number of aliphatic carboxylic acids is 1. The molecular weight excluding hydrogens is 146 g/mol. The van der Waals surface area contributed by atoms with Crippen LogP contribution in [0.25, 0.3) is 0 Å². The SMILES string of the molecule is CC(=O)O.Oc1cccnc1. The van der Waals surface area contributed by atoms with E-state index in [0.717, 1.165) is 6.92 Å². The van der Waals surface area contributed by atoms with E-state index in [-0.39, 0.29) is 5.75 Å². The number of carbonyl (C=O) groups is 1. The van der Waals surface area contributed by atoms with E-state index in [2.05, 4.69) is 4.98 Å². The van der Waals surface area contributed by atoms with E-state index < -0.39 is 5.97 Å². The van der Waals surface area contributed by atoms with Crippen LogP contribution in [0, 0.1) is 0 Å². The molecule has 11 heavy (non-hydrogen) atoms. The molecule has 0 spiro atoms. The van der Waals surface area contributed by atoms with Gasteiger partial charge in [0.05, 0.1) is 6.20 Å². The number of aromatic hydroxyl groups is 1. The number of rotatable bonds is 0. The molecule has 60 valence electrons. The van der Waals surface area contributed by atoms with Crippen molar-refractivity contribution in [3.8, 4) is 5.75 Å². The largest absolute Gasteiger partial charge is 0.506 e. The van der Waals surface area contributed by atoms with E-state index in [1.54, 1.807) is 18.3 Å². The van der Waals surface area contributed by atoms with Crippen LogP contribution in [-0.2, 0) is 4.79 Å². The van der Waals surface area contributed by atoms with Crippen molar-refractivity contribution in [1.82, 2.24) is 4.98 Å². The van der Waals surface area contributed by atoms with Crippen LogP contribution in [0.5, 0.6) is 5.75 Å². The van der Waals surface area contributed by atoms with Crippen molar-refractivity contribution in [1.29, 1.82) is 0 Å². The normalized spacial score (nSPS) is 7.73. The third kappa shape index (κ3) is 8.42. The van der Waals surface area contributed by atoms with Crippen LogP contribution < -0.4 is 0 Å². The van der Waals surface area contributed by atoms with Crippen LogP contribution in [0.15, 0.2) is 24.5 Å². The Morgan fingerprint density at radius 1 is 1.64 bits per heavy atom. The van der Waals surface area contributed by atoms with Crippen LogP contribution in [0.4, 0.5) is 0 Å². The van der Waals surface area contributed by atoms with E-state index in [9.17, 15) is 0 Å². The first-order valence-electron chi connectivity index (χ1n) is 2.91. The van der Waals surface area contributed by atoms with Gasteiger partial charge in [-0.3, -0.25) is 9.78 Å². The van der Waals surface area contributed by atoms with Gasteiger partial charge in [-0.2, -0.15) is 0 Å². The third-order valence-corrected chi connectivity index (χ3v) is 0.646. The van der Waals surface area contributed by atoms with Gasteiger partial charge in [0, 0.05) is 13.1 Å². The van der Waals surface area contributed by atoms with Gasteiger partial charge in [0.1, 0.15) is 5.75 Å². The van der Waals surface area contributed by atoms with E-state index in [1.165, 1.54) is 6.20 Å². The molecule has 1 rings (SSSR count). The second kappa shape index (κ2) is 5.22. The van der Waals surface area contributed by atoms with Gasteiger partial charge in [-0.15, -0.1) is 0 Å². The molecule has 4 nitrogen and oxygen atoms in total. The fraction of sp³-hybridized carbons (Fsp3) is 0.143. The second-order valence-electron chi connectivity index (χ2n) is 1.73. The Morgan fingerprint density at radius 3 is 2.36 bits per heavy atom. The molecule has 0 aliphatic rings. The molecule has 1 aromatic rings. The molecule has 0 radical (unpaired) electrons. The van der Waals surface area contributed by atoms with Crippen molar-refractivity contribution in [2.24, 2.45) is 0 Å². The predicted molar refractivity (Wildman–Crippen MR) is 39.2 cm³/mol. The van der Waals surface area contributed by atoms with E-state index in [1.807, 2.05) is 0 Å². The van der Waals surface area contributed by atoms with Gasteiger partial charge in [-0.1, -0.05) is 0 Å². The molecule has 0 unspecified atom stereocenters. The fourth-order valence-electron chi connectivity index (χ4n) is 0.354. The Balaban J connectivity index is 0.000000218. The first-order valence-corrected chi connectivity index (χ1v) is 2.91. The molecule has 0 fully saturated rings. The zero-order valence-electron chi connectivity index (χ0n) is 6.06. The molecule has 0 bridgehead atoms. The number of carboxylic acids is 1. The Hall–Kier alpha value is -1.58. The molecule has 0 aliphatic carbocycles. The van der Waals surface area contributed by atoms with Gasteiger partial charge < -0.3 is 10.2 Å². The molecule has 0 saturated heterocycles. The molecule has 1 aromatic heterocycles. The van der Waals surface area contributed by atoms with Crippen LogP contribution in [-0.4, -0.2) is 21.2 Å². The maximum atomic E-state index is 9.00. The Bertz CT molecular complexity index is 206. The van der Waals surface area contributed by atoms with E-state index in [4.69, 9.17) is 15.0 Å². The highest BCUT2D eigenvalue weighted by molar-refractivity contribution is 5.62. The summed E-state index contributed by atoms with van der Waals surface area (Å²) in [5.74, 6) is -0.623. The number of aromatic nitrogens is 1. The number of pyridine rings is 1. The maximum absolute atomic E-state index is 9.00. The number of hydrogen-bond acceptors (Lipinski definition) is 3. The Labute approximate surface area is 64.1 Å². The number of hydrogen-bond donors (Lipinski definition) is 2. The molecule has 0 aromatic carbocycles. The summed E-state index contributed by atoms with van der Waals surface area (Å²) < 4.78 is 0. The molecule has 0 saturated carbocycles. The van der Waals surface area contributed by atoms with Crippen molar-refractivity contribution in [2.75, 3.05) is 0 Å². The van der Waals surface area contributed by atoms with Gasteiger partial charge in [0.2, 0.25) is 0 Å². The highest BCUT2D eigenvalue weighted by Crippen LogP contribution is 1.99. The Morgan fingerprint density at radius 2 is 2.18 bits per heavy atom. The van der Waals surface area contributed by atoms with E-state index in [0.29, 0.717) is 0 Å². The lowest BCUT2D eigenvalue weighted by atomic mass is 10.5. The topological polar surface area (TPSA) is 70.4 Å². The quantitative estimate of drug-likeness (QED) is 0.583. The highest BCUT2D eigenvalue weighted by Gasteiger charge is 1.76. The summed E-state index contributed by atoms with van der Waals surface area (Å²) in [6, 6.07) is 3.25. The lowest BCUT2D eigenvalue weighted by Crippen LogP contribution is -1.78. The van der Waals surface area contributed by atoms with Crippen LogP contribution in [0.1, 0.15) is 6.92 Å². The van der Waals surface area contributed by atoms with Gasteiger partial charge in [-0.25, -0.2) is 0 Å². The summed E-state index contributed by atoms with van der Waals surface area (Å²) >= 11 is 0. The average Bonchev–Trinajstić information content (AvgIpc) is 1.87. The zero-order valence-corrected chi connectivity index (χ0v) is 6.06. The highest BCUT2D eigenvalue weighted by atomic mass is 16.4. The Kier molecular flexibility index (Phi) is 4.47. The number of nitrogens with zero attached hydrogens (tertiary/aromatic N) is 1. The smallest absolute Gasteiger partial charge is 0.300 e. The van der Waals surface area contributed by atoms with Crippen LogP contribution in [0.3, 0.4) is 0 Å². The van der Waals surface area contributed by atoms with E-state index >= 15 is 0 Å². The van der Waals surface area contributed by atoms with Gasteiger partial charge in [0.25, 0.3) is 5.97 Å². The lowest BCUT2D eigenvalue weighted by Gasteiger charge is -1.81. The summed E-state index contributed by atoms with van der Waals surface area (Å²) in [4.78, 5) is 12.6. The average molecular weight is 155 g/mol. The standard InChI is InChI=1S/C5H5NO.C2H4O2/c7-5-2-1-3-6-4-5;1-2(3)4/h1-4,7H;1H3,(H,3,4). The van der Waals surface area contributed by atoms with Crippen molar-refractivity contribution >= 4 is 5.97 Å². The van der Waals surface area contributed by atoms with Crippen LogP contribution >= 0.6 is 0 Å². The minimum absolute atomic E-state index is 0.211. The minimum Gasteiger partial charge on any atom is -0.506 e. The van der Waals surface area contributed by atoms with Gasteiger partial charge in [0.15, 0.2) is 0 Å². The van der Waals surface area contributed by atoms with Crippen molar-refractivity contribution < 1.29 is 15.0 Å². The summed E-state index contributed by atoms with van der Waals surface area (Å²) in [5, 5.41) is 16.0. The molecule has 0 atom stereocenters. The summed E-state index contributed by atoms with van der Waals surface area (Å²) in [5.41, 5.74) is 0. The van der Waals surface area contributed by atoms with Gasteiger partial charge in [-0.05, 0) is 12.1 Å². The molecule has 0 aliphatic heterocycles. The summed E-state index contributed by atoms with van der Waals surface area (Å²) in [6.07, 6.45) is 3.00. The molecule has 4 heteroatoms. The molecule has 1 heterocycles. The predicted octanol–water partition coefficient (Wildman–Crippen LogP) is 0.878. The summed E-state index contributed by atoms with van der Waals surface area (Å²) in [7, 11) is 0. The number of carboxylic acid groups (broad SMARTS) is 1.